The largest absolute Gasteiger partial charge is 0.390 e. The van der Waals surface area contributed by atoms with Gasteiger partial charge >= 0.3 is 0 Å². The first kappa shape index (κ1) is 15.3. The van der Waals surface area contributed by atoms with Gasteiger partial charge in [0.2, 0.25) is 0 Å². The van der Waals surface area contributed by atoms with Gasteiger partial charge in [-0.25, -0.2) is 9.97 Å². The standard InChI is InChI=1S/C17H26N4O/c1-5-11-8-12(17(2,3)22)9-14(11)21(4)16-13-6-7-18-15(13)19-10-20-16/h6-7,10-12,14,22H,5,8-9H2,1-4H3,(H,18,19,20). The van der Waals surface area contributed by atoms with Crippen molar-refractivity contribution in [2.75, 3.05) is 11.9 Å². The predicted octanol–water partition coefficient (Wildman–Crippen LogP) is 2.97. The van der Waals surface area contributed by atoms with Crippen molar-refractivity contribution in [3.05, 3.63) is 18.6 Å². The maximum atomic E-state index is 10.4. The topological polar surface area (TPSA) is 65.0 Å². The van der Waals surface area contributed by atoms with E-state index < -0.39 is 5.60 Å². The van der Waals surface area contributed by atoms with Gasteiger partial charge in [-0.2, -0.15) is 0 Å². The van der Waals surface area contributed by atoms with E-state index in [2.05, 4.69) is 33.8 Å². The van der Waals surface area contributed by atoms with E-state index in [1.165, 1.54) is 0 Å². The Balaban J connectivity index is 1.90. The molecule has 0 saturated heterocycles. The Morgan fingerprint density at radius 3 is 2.82 bits per heavy atom. The van der Waals surface area contributed by atoms with Gasteiger partial charge in [0, 0.05) is 19.3 Å². The summed E-state index contributed by atoms with van der Waals surface area (Å²) in [5.41, 5.74) is 0.264. The Hall–Kier alpha value is -1.62. The minimum atomic E-state index is -0.613. The molecule has 0 radical (unpaired) electrons. The molecule has 120 valence electrons. The molecule has 3 rings (SSSR count). The summed E-state index contributed by atoms with van der Waals surface area (Å²) in [6.07, 6.45) is 6.74. The lowest BCUT2D eigenvalue weighted by atomic mass is 9.88. The molecule has 2 N–H and O–H groups in total. The van der Waals surface area contributed by atoms with Crippen molar-refractivity contribution in [1.29, 1.82) is 0 Å². The number of nitrogens with zero attached hydrogens (tertiary/aromatic N) is 3. The molecule has 0 aromatic carbocycles. The van der Waals surface area contributed by atoms with Gasteiger partial charge in [0.05, 0.1) is 11.0 Å². The Bertz CT molecular complexity index is 645. The van der Waals surface area contributed by atoms with Gasteiger partial charge in [0.25, 0.3) is 0 Å². The fourth-order valence-corrected chi connectivity index (χ4v) is 3.89. The molecule has 0 aliphatic heterocycles. The summed E-state index contributed by atoms with van der Waals surface area (Å²) in [6, 6.07) is 2.44. The molecule has 3 unspecified atom stereocenters. The lowest BCUT2D eigenvalue weighted by Crippen LogP contribution is -2.36. The number of nitrogens with one attached hydrogen (secondary N) is 1. The normalized spacial score (nSPS) is 25.8. The van der Waals surface area contributed by atoms with Gasteiger partial charge in [-0.15, -0.1) is 0 Å². The zero-order valence-corrected chi connectivity index (χ0v) is 13.9. The summed E-state index contributed by atoms with van der Waals surface area (Å²) < 4.78 is 0. The summed E-state index contributed by atoms with van der Waals surface area (Å²) in [5.74, 6) is 1.91. The Morgan fingerprint density at radius 1 is 1.36 bits per heavy atom. The van der Waals surface area contributed by atoms with Crippen molar-refractivity contribution in [2.45, 2.75) is 51.7 Å². The third-order valence-corrected chi connectivity index (χ3v) is 5.35. The SMILES string of the molecule is CCC1CC(C(C)(C)O)CC1N(C)c1ncnc2[nH]ccc12. The molecule has 0 spiro atoms. The molecule has 5 nitrogen and oxygen atoms in total. The summed E-state index contributed by atoms with van der Waals surface area (Å²) in [7, 11) is 2.12. The predicted molar refractivity (Wildman–Crippen MR) is 88.9 cm³/mol. The quantitative estimate of drug-likeness (QED) is 0.911. The minimum absolute atomic E-state index is 0.341. The van der Waals surface area contributed by atoms with Crippen molar-refractivity contribution < 1.29 is 5.11 Å². The molecule has 22 heavy (non-hydrogen) atoms. The number of aliphatic hydroxyl groups is 1. The number of fused-ring (bicyclic) bond motifs is 1. The Kier molecular flexibility index (Phi) is 3.85. The average molecular weight is 302 g/mol. The number of aromatic nitrogens is 3. The van der Waals surface area contributed by atoms with Crippen molar-refractivity contribution in [1.82, 2.24) is 15.0 Å². The fraction of sp³-hybridized carbons (Fsp3) is 0.647. The lowest BCUT2D eigenvalue weighted by Gasteiger charge is -2.31. The molecule has 1 saturated carbocycles. The van der Waals surface area contributed by atoms with Crippen molar-refractivity contribution >= 4 is 16.9 Å². The summed E-state index contributed by atoms with van der Waals surface area (Å²) in [6.45, 7) is 6.10. The highest BCUT2D eigenvalue weighted by Crippen LogP contribution is 2.42. The second kappa shape index (κ2) is 5.54. The zero-order chi connectivity index (χ0) is 15.9. The number of anilines is 1. The van der Waals surface area contributed by atoms with Crippen LogP contribution in [0.2, 0.25) is 0 Å². The van der Waals surface area contributed by atoms with Crippen LogP contribution < -0.4 is 4.90 Å². The second-order valence-electron chi connectivity index (χ2n) is 7.11. The highest BCUT2D eigenvalue weighted by molar-refractivity contribution is 5.87. The van der Waals surface area contributed by atoms with E-state index in [9.17, 15) is 5.11 Å². The molecule has 1 fully saturated rings. The van der Waals surface area contributed by atoms with Gasteiger partial charge < -0.3 is 15.0 Å². The minimum Gasteiger partial charge on any atom is -0.390 e. The van der Waals surface area contributed by atoms with E-state index in [1.54, 1.807) is 6.33 Å². The third kappa shape index (κ3) is 2.58. The van der Waals surface area contributed by atoms with Gasteiger partial charge in [-0.1, -0.05) is 13.3 Å². The van der Waals surface area contributed by atoms with Crippen molar-refractivity contribution in [3.8, 4) is 0 Å². The average Bonchev–Trinajstić information content (AvgIpc) is 3.11. The summed E-state index contributed by atoms with van der Waals surface area (Å²) in [5, 5.41) is 11.5. The van der Waals surface area contributed by atoms with Crippen LogP contribution in [0.25, 0.3) is 11.0 Å². The molecular weight excluding hydrogens is 276 g/mol. The van der Waals surface area contributed by atoms with Gasteiger partial charge in [0.1, 0.15) is 17.8 Å². The highest BCUT2D eigenvalue weighted by Gasteiger charge is 2.42. The van der Waals surface area contributed by atoms with Crippen LogP contribution in [0.4, 0.5) is 5.82 Å². The molecular formula is C17H26N4O. The first-order valence-corrected chi connectivity index (χ1v) is 8.15. The van der Waals surface area contributed by atoms with Gasteiger partial charge in [-0.05, 0) is 44.6 Å². The Labute approximate surface area is 131 Å². The molecule has 0 amide bonds. The lowest BCUT2D eigenvalue weighted by molar-refractivity contribution is 0.0179. The van der Waals surface area contributed by atoms with Crippen LogP contribution in [0.5, 0.6) is 0 Å². The smallest absolute Gasteiger partial charge is 0.142 e. The van der Waals surface area contributed by atoms with Crippen molar-refractivity contribution in [3.63, 3.8) is 0 Å². The van der Waals surface area contributed by atoms with Crippen LogP contribution >= 0.6 is 0 Å². The van der Waals surface area contributed by atoms with Crippen LogP contribution in [-0.2, 0) is 0 Å². The molecule has 5 heteroatoms. The first-order valence-electron chi connectivity index (χ1n) is 8.15. The van der Waals surface area contributed by atoms with E-state index in [-0.39, 0.29) is 0 Å². The first-order chi connectivity index (χ1) is 10.4. The van der Waals surface area contributed by atoms with E-state index >= 15 is 0 Å². The maximum Gasteiger partial charge on any atom is 0.142 e. The number of aromatic amines is 1. The molecule has 2 aromatic rings. The fourth-order valence-electron chi connectivity index (χ4n) is 3.89. The van der Waals surface area contributed by atoms with Crippen molar-refractivity contribution in [2.24, 2.45) is 11.8 Å². The van der Waals surface area contributed by atoms with Gasteiger partial charge in [-0.3, -0.25) is 0 Å². The molecule has 1 aliphatic carbocycles. The molecule has 2 heterocycles. The third-order valence-electron chi connectivity index (χ3n) is 5.35. The zero-order valence-electron chi connectivity index (χ0n) is 13.9. The monoisotopic (exact) mass is 302 g/mol. The summed E-state index contributed by atoms with van der Waals surface area (Å²) >= 11 is 0. The van der Waals surface area contributed by atoms with E-state index in [0.717, 1.165) is 36.1 Å². The van der Waals surface area contributed by atoms with Gasteiger partial charge in [0.15, 0.2) is 0 Å². The maximum absolute atomic E-state index is 10.4. The van der Waals surface area contributed by atoms with E-state index in [1.807, 2.05) is 26.1 Å². The summed E-state index contributed by atoms with van der Waals surface area (Å²) in [4.78, 5) is 14.2. The van der Waals surface area contributed by atoms with Crippen LogP contribution in [0.1, 0.15) is 40.0 Å². The number of hydrogen-bond donors (Lipinski definition) is 2. The van der Waals surface area contributed by atoms with E-state index in [4.69, 9.17) is 0 Å². The van der Waals surface area contributed by atoms with E-state index in [0.29, 0.717) is 17.9 Å². The number of hydrogen-bond acceptors (Lipinski definition) is 4. The van der Waals surface area contributed by atoms with Crippen LogP contribution in [-0.4, -0.2) is 38.7 Å². The van der Waals surface area contributed by atoms with Crippen LogP contribution in [0, 0.1) is 11.8 Å². The molecule has 0 bridgehead atoms. The Morgan fingerprint density at radius 2 is 2.14 bits per heavy atom. The number of H-pyrrole nitrogens is 1. The molecule has 3 atom stereocenters. The molecule has 2 aromatic heterocycles. The van der Waals surface area contributed by atoms with Crippen LogP contribution in [0.3, 0.4) is 0 Å². The molecule has 1 aliphatic rings. The second-order valence-corrected chi connectivity index (χ2v) is 7.11. The highest BCUT2D eigenvalue weighted by atomic mass is 16.3. The number of rotatable bonds is 4. The van der Waals surface area contributed by atoms with Crippen LogP contribution in [0.15, 0.2) is 18.6 Å².